The van der Waals surface area contributed by atoms with Gasteiger partial charge in [0.2, 0.25) is 0 Å². The number of aliphatic imine (C=N–C) groups is 1. The van der Waals surface area contributed by atoms with Crippen molar-refractivity contribution in [3.8, 4) is 17.6 Å². The Balaban J connectivity index is 1.41. The number of ether oxygens (including phenoxy) is 2. The van der Waals surface area contributed by atoms with E-state index < -0.39 is 0 Å². The first-order valence-corrected chi connectivity index (χ1v) is 14.5. The van der Waals surface area contributed by atoms with Crippen LogP contribution in [0, 0.1) is 14.9 Å². The van der Waals surface area contributed by atoms with Gasteiger partial charge in [0.1, 0.15) is 11.6 Å². The van der Waals surface area contributed by atoms with Crippen LogP contribution in [0.15, 0.2) is 71.7 Å². The molecule has 3 aromatic carbocycles. The molecule has 1 aromatic heterocycles. The van der Waals surface area contributed by atoms with Crippen LogP contribution in [0.25, 0.3) is 0 Å². The highest BCUT2D eigenvalue weighted by atomic mass is 127. The van der Waals surface area contributed by atoms with Gasteiger partial charge in [-0.2, -0.15) is 5.26 Å². The van der Waals surface area contributed by atoms with Crippen molar-refractivity contribution < 1.29 is 14.3 Å². The Morgan fingerprint density at radius 2 is 1.90 bits per heavy atom. The van der Waals surface area contributed by atoms with Crippen molar-refractivity contribution in [3.05, 3.63) is 103 Å². The highest BCUT2D eigenvalue weighted by Gasteiger charge is 2.25. The highest BCUT2D eigenvalue weighted by molar-refractivity contribution is 14.1. The smallest absolute Gasteiger partial charge is 0.259 e. The van der Waals surface area contributed by atoms with Crippen LogP contribution in [0.4, 0.5) is 10.7 Å². The van der Waals surface area contributed by atoms with Gasteiger partial charge in [0.15, 0.2) is 11.5 Å². The summed E-state index contributed by atoms with van der Waals surface area (Å²) in [5, 5.41) is 13.1. The quantitative estimate of drug-likeness (QED) is 0.157. The zero-order valence-electron chi connectivity index (χ0n) is 21.4. The van der Waals surface area contributed by atoms with Crippen molar-refractivity contribution in [1.82, 2.24) is 0 Å². The molecule has 1 amide bonds. The van der Waals surface area contributed by atoms with Crippen LogP contribution in [0.5, 0.6) is 11.5 Å². The Bertz CT molecular complexity index is 1570. The Kier molecular flexibility index (Phi) is 8.59. The van der Waals surface area contributed by atoms with E-state index in [-0.39, 0.29) is 12.5 Å². The number of rotatable bonds is 8. The number of aryl methyl sites for hydroxylation is 1. The Labute approximate surface area is 245 Å². The lowest BCUT2D eigenvalue weighted by molar-refractivity contribution is 0.102. The second-order valence-corrected chi connectivity index (χ2v) is 11.3. The number of para-hydroxylation sites is 1. The number of hydrogen-bond donors (Lipinski definition) is 1. The van der Waals surface area contributed by atoms with E-state index in [1.54, 1.807) is 30.7 Å². The topological polar surface area (TPSA) is 83.7 Å². The highest BCUT2D eigenvalue weighted by Crippen LogP contribution is 2.41. The molecular weight excluding hydrogens is 621 g/mol. The summed E-state index contributed by atoms with van der Waals surface area (Å²) in [6.07, 6.45) is 5.86. The van der Waals surface area contributed by atoms with Crippen molar-refractivity contribution in [2.24, 2.45) is 4.99 Å². The predicted molar refractivity (Wildman–Crippen MR) is 164 cm³/mol. The number of fused-ring (bicyclic) bond motifs is 1. The number of carbonyl (C=O) groups is 1. The van der Waals surface area contributed by atoms with Gasteiger partial charge in [-0.15, -0.1) is 11.3 Å². The van der Waals surface area contributed by atoms with Gasteiger partial charge in [-0.1, -0.05) is 36.4 Å². The van der Waals surface area contributed by atoms with E-state index >= 15 is 0 Å². The molecule has 0 unspecified atom stereocenters. The average molecular weight is 648 g/mol. The first-order valence-electron chi connectivity index (χ1n) is 12.6. The first kappa shape index (κ1) is 26.9. The molecule has 0 aliphatic heterocycles. The van der Waals surface area contributed by atoms with E-state index in [2.05, 4.69) is 34.0 Å². The number of hydrogen-bond acceptors (Lipinski definition) is 6. The lowest BCUT2D eigenvalue weighted by Crippen LogP contribution is -2.14. The van der Waals surface area contributed by atoms with E-state index in [0.717, 1.165) is 56.6 Å². The van der Waals surface area contributed by atoms with E-state index in [1.165, 1.54) is 4.88 Å². The van der Waals surface area contributed by atoms with Crippen molar-refractivity contribution in [2.75, 3.05) is 12.4 Å². The molecule has 0 bridgehead atoms. The Morgan fingerprint density at radius 3 is 2.69 bits per heavy atom. The Morgan fingerprint density at radius 1 is 1.13 bits per heavy atom. The van der Waals surface area contributed by atoms with E-state index in [0.29, 0.717) is 22.6 Å². The number of halogens is 1. The van der Waals surface area contributed by atoms with Crippen LogP contribution in [0.3, 0.4) is 0 Å². The van der Waals surface area contributed by atoms with Crippen molar-refractivity contribution in [2.45, 2.75) is 32.3 Å². The molecule has 0 saturated heterocycles. The van der Waals surface area contributed by atoms with Crippen molar-refractivity contribution in [3.63, 3.8) is 0 Å². The molecule has 0 radical (unpaired) electrons. The number of methoxy groups -OCH3 is 1. The molecular formula is C31H26IN3O3S. The lowest BCUT2D eigenvalue weighted by Gasteiger charge is -2.14. The van der Waals surface area contributed by atoms with Crippen LogP contribution in [0.2, 0.25) is 0 Å². The van der Waals surface area contributed by atoms with Crippen molar-refractivity contribution in [1.29, 1.82) is 5.26 Å². The van der Waals surface area contributed by atoms with Gasteiger partial charge in [-0.05, 0) is 89.7 Å². The molecule has 8 heteroatoms. The summed E-state index contributed by atoms with van der Waals surface area (Å²) >= 11 is 3.82. The summed E-state index contributed by atoms with van der Waals surface area (Å²) in [6, 6.07) is 22.9. The second kappa shape index (κ2) is 12.5. The molecule has 39 heavy (non-hydrogen) atoms. The summed E-state index contributed by atoms with van der Waals surface area (Å²) < 4.78 is 12.6. The molecule has 6 nitrogen and oxygen atoms in total. The fourth-order valence-electron chi connectivity index (χ4n) is 4.58. The zero-order chi connectivity index (χ0) is 27.2. The molecule has 1 N–H and O–H groups in total. The normalized spacial score (nSPS) is 12.5. The number of carbonyl (C=O) groups excluding carboxylic acids is 1. The van der Waals surface area contributed by atoms with Gasteiger partial charge < -0.3 is 14.8 Å². The lowest BCUT2D eigenvalue weighted by atomic mass is 9.95. The minimum atomic E-state index is -0.124. The van der Waals surface area contributed by atoms with Gasteiger partial charge >= 0.3 is 0 Å². The fourth-order valence-corrected chi connectivity index (χ4v) is 6.60. The molecule has 0 saturated carbocycles. The van der Waals surface area contributed by atoms with Crippen molar-refractivity contribution >= 4 is 56.7 Å². The maximum Gasteiger partial charge on any atom is 0.259 e. The standard InChI is InChI=1S/C31H26IN3O3S/c1-37-26-16-20(15-25(32)29(26)38-19-22-10-6-5-9-21(22)17-33)18-34-31-28(24-13-7-8-14-27(24)39-31)30(36)35-23-11-3-2-4-12-23/h2-6,9-12,15-16,18H,7-8,13-14,19H2,1H3,(H,35,36). The third-order valence-electron chi connectivity index (χ3n) is 6.50. The van der Waals surface area contributed by atoms with Gasteiger partial charge in [0, 0.05) is 22.3 Å². The summed E-state index contributed by atoms with van der Waals surface area (Å²) in [7, 11) is 1.60. The Hall–Kier alpha value is -3.68. The van der Waals surface area contributed by atoms with Gasteiger partial charge in [-0.25, -0.2) is 4.99 Å². The number of thiophene rings is 1. The second-order valence-electron chi connectivity index (χ2n) is 9.06. The molecule has 1 aliphatic rings. The van der Waals surface area contributed by atoms with Gasteiger partial charge in [0.05, 0.1) is 27.9 Å². The molecule has 0 fully saturated rings. The number of amides is 1. The fraction of sp³-hybridized carbons (Fsp3) is 0.194. The first-order chi connectivity index (χ1) is 19.1. The molecule has 5 rings (SSSR count). The number of anilines is 1. The minimum Gasteiger partial charge on any atom is -0.493 e. The minimum absolute atomic E-state index is 0.124. The SMILES string of the molecule is COc1cc(C=Nc2sc3c(c2C(=O)Nc2ccccc2)CCCC3)cc(I)c1OCc1ccccc1C#N. The maximum absolute atomic E-state index is 13.4. The zero-order valence-corrected chi connectivity index (χ0v) is 24.3. The van der Waals surface area contributed by atoms with Crippen LogP contribution in [0.1, 0.15) is 50.3 Å². The number of nitrogens with one attached hydrogen (secondary N) is 1. The summed E-state index contributed by atoms with van der Waals surface area (Å²) in [6.45, 7) is 0.254. The third kappa shape index (κ3) is 6.15. The van der Waals surface area contributed by atoms with E-state index in [4.69, 9.17) is 14.5 Å². The van der Waals surface area contributed by atoms with E-state index in [1.807, 2.05) is 60.7 Å². The largest absolute Gasteiger partial charge is 0.493 e. The van der Waals surface area contributed by atoms with Crippen LogP contribution >= 0.6 is 33.9 Å². The molecule has 1 heterocycles. The van der Waals surface area contributed by atoms with Gasteiger partial charge in [0.25, 0.3) is 5.91 Å². The molecule has 0 spiro atoms. The monoisotopic (exact) mass is 647 g/mol. The summed E-state index contributed by atoms with van der Waals surface area (Å²) in [5.74, 6) is 1.06. The predicted octanol–water partition coefficient (Wildman–Crippen LogP) is 7.69. The average Bonchev–Trinajstić information content (AvgIpc) is 3.34. The molecule has 4 aromatic rings. The third-order valence-corrected chi connectivity index (χ3v) is 8.51. The maximum atomic E-state index is 13.4. The summed E-state index contributed by atoms with van der Waals surface area (Å²) in [4.78, 5) is 19.4. The van der Waals surface area contributed by atoms with Crippen LogP contribution < -0.4 is 14.8 Å². The van der Waals surface area contributed by atoms with Crippen LogP contribution in [-0.2, 0) is 19.4 Å². The summed E-state index contributed by atoms with van der Waals surface area (Å²) in [5.41, 5.74) is 4.79. The number of nitrogens with zero attached hydrogens (tertiary/aromatic N) is 2. The van der Waals surface area contributed by atoms with Crippen LogP contribution in [-0.4, -0.2) is 19.2 Å². The van der Waals surface area contributed by atoms with Gasteiger partial charge in [-0.3, -0.25) is 4.79 Å². The molecule has 196 valence electrons. The molecule has 0 atom stereocenters. The number of nitriles is 1. The molecule has 1 aliphatic carbocycles. The number of benzene rings is 3. The van der Waals surface area contributed by atoms with E-state index in [9.17, 15) is 10.1 Å².